The van der Waals surface area contributed by atoms with Crippen LogP contribution in [0.3, 0.4) is 0 Å². The van der Waals surface area contributed by atoms with E-state index in [9.17, 15) is 9.59 Å². The molecule has 0 atom stereocenters. The van der Waals surface area contributed by atoms with Crippen molar-refractivity contribution in [1.29, 1.82) is 0 Å². The number of hydrogen-bond acceptors (Lipinski definition) is 3. The molecule has 1 aromatic rings. The predicted molar refractivity (Wildman–Crippen MR) is 74.7 cm³/mol. The van der Waals surface area contributed by atoms with E-state index in [2.05, 4.69) is 0 Å². The molecule has 1 N–H and O–H groups in total. The van der Waals surface area contributed by atoms with E-state index in [1.165, 1.54) is 0 Å². The number of rotatable bonds is 4. The Kier molecular flexibility index (Phi) is 4.79. The molecule has 1 amide bonds. The van der Waals surface area contributed by atoms with Crippen LogP contribution in [-0.4, -0.2) is 64.1 Å². The number of carboxylic acid groups (broad SMARTS) is 1. The van der Waals surface area contributed by atoms with Gasteiger partial charge in [0.15, 0.2) is 0 Å². The number of amides is 1. The van der Waals surface area contributed by atoms with Crippen molar-refractivity contribution in [1.82, 2.24) is 14.4 Å². The lowest BCUT2D eigenvalue weighted by molar-refractivity contribution is -0.138. The minimum Gasteiger partial charge on any atom is -0.480 e. The Labute approximate surface area is 118 Å². The molecule has 6 nitrogen and oxygen atoms in total. The van der Waals surface area contributed by atoms with E-state index in [0.29, 0.717) is 25.3 Å². The molecule has 0 saturated carbocycles. The van der Waals surface area contributed by atoms with Gasteiger partial charge in [-0.15, -0.1) is 0 Å². The van der Waals surface area contributed by atoms with E-state index >= 15 is 0 Å². The Morgan fingerprint density at radius 3 is 2.75 bits per heavy atom. The second kappa shape index (κ2) is 6.56. The molecule has 0 spiro atoms. The van der Waals surface area contributed by atoms with Crippen molar-refractivity contribution in [2.75, 3.05) is 32.7 Å². The molecule has 1 saturated heterocycles. The van der Waals surface area contributed by atoms with Gasteiger partial charge in [-0.1, -0.05) is 0 Å². The standard InChI is InChI=1S/C14H21N3O3/c1-2-16-7-3-5-12(16)14(20)17-8-4-6-15(9-10-17)11-13(18)19/h3,5,7H,2,4,6,8-11H2,1H3,(H,18,19). The molecule has 0 bridgehead atoms. The van der Waals surface area contributed by atoms with Gasteiger partial charge >= 0.3 is 5.97 Å². The summed E-state index contributed by atoms with van der Waals surface area (Å²) >= 11 is 0. The Hall–Kier alpha value is -1.82. The molecular weight excluding hydrogens is 258 g/mol. The van der Waals surface area contributed by atoms with Crippen molar-refractivity contribution >= 4 is 11.9 Å². The second-order valence-corrected chi connectivity index (χ2v) is 5.00. The van der Waals surface area contributed by atoms with Crippen LogP contribution in [0.5, 0.6) is 0 Å². The second-order valence-electron chi connectivity index (χ2n) is 5.00. The molecule has 0 radical (unpaired) electrons. The Morgan fingerprint density at radius 1 is 1.25 bits per heavy atom. The summed E-state index contributed by atoms with van der Waals surface area (Å²) in [5.41, 5.74) is 0.708. The number of aryl methyl sites for hydroxylation is 1. The first-order valence-electron chi connectivity index (χ1n) is 7.00. The number of aromatic nitrogens is 1. The maximum atomic E-state index is 12.5. The Morgan fingerprint density at radius 2 is 2.05 bits per heavy atom. The maximum absolute atomic E-state index is 12.5. The van der Waals surface area contributed by atoms with Gasteiger partial charge in [0.05, 0.1) is 6.54 Å². The average Bonchev–Trinajstić information content (AvgIpc) is 2.77. The summed E-state index contributed by atoms with van der Waals surface area (Å²) in [6.07, 6.45) is 2.72. The van der Waals surface area contributed by atoms with Crippen molar-refractivity contribution in [2.24, 2.45) is 0 Å². The van der Waals surface area contributed by atoms with Crippen LogP contribution < -0.4 is 0 Å². The zero-order valence-corrected chi connectivity index (χ0v) is 11.8. The molecule has 1 aliphatic heterocycles. The topological polar surface area (TPSA) is 65.8 Å². The van der Waals surface area contributed by atoms with Gasteiger partial charge in [0.1, 0.15) is 5.69 Å². The molecule has 1 aromatic heterocycles. The summed E-state index contributed by atoms with van der Waals surface area (Å²) < 4.78 is 1.93. The Bertz CT molecular complexity index is 484. The molecular formula is C14H21N3O3. The summed E-state index contributed by atoms with van der Waals surface area (Å²) in [6.45, 7) is 5.44. The average molecular weight is 279 g/mol. The quantitative estimate of drug-likeness (QED) is 0.883. The van der Waals surface area contributed by atoms with Crippen LogP contribution in [0.15, 0.2) is 18.3 Å². The highest BCUT2D eigenvalue weighted by Gasteiger charge is 2.22. The van der Waals surface area contributed by atoms with Crippen molar-refractivity contribution in [3.8, 4) is 0 Å². The van der Waals surface area contributed by atoms with E-state index in [4.69, 9.17) is 5.11 Å². The molecule has 0 aromatic carbocycles. The van der Waals surface area contributed by atoms with Crippen LogP contribution in [-0.2, 0) is 11.3 Å². The minimum atomic E-state index is -0.815. The summed E-state index contributed by atoms with van der Waals surface area (Å²) in [4.78, 5) is 26.9. The van der Waals surface area contributed by atoms with Crippen LogP contribution in [0.4, 0.5) is 0 Å². The van der Waals surface area contributed by atoms with Gasteiger partial charge in [0, 0.05) is 38.9 Å². The van der Waals surface area contributed by atoms with E-state index in [-0.39, 0.29) is 12.5 Å². The van der Waals surface area contributed by atoms with Gasteiger partial charge in [-0.25, -0.2) is 0 Å². The summed E-state index contributed by atoms with van der Waals surface area (Å²) in [5, 5.41) is 8.83. The lowest BCUT2D eigenvalue weighted by Crippen LogP contribution is -2.37. The van der Waals surface area contributed by atoms with Gasteiger partial charge in [0.2, 0.25) is 0 Å². The zero-order chi connectivity index (χ0) is 14.5. The van der Waals surface area contributed by atoms with Crippen molar-refractivity contribution in [2.45, 2.75) is 19.9 Å². The highest BCUT2D eigenvalue weighted by Crippen LogP contribution is 2.10. The number of carbonyl (C=O) groups excluding carboxylic acids is 1. The Balaban J connectivity index is 2.00. The molecule has 0 unspecified atom stereocenters. The van der Waals surface area contributed by atoms with E-state index in [1.807, 2.05) is 39.6 Å². The fraction of sp³-hybridized carbons (Fsp3) is 0.571. The third kappa shape index (κ3) is 3.39. The third-order valence-corrected chi connectivity index (χ3v) is 3.62. The largest absolute Gasteiger partial charge is 0.480 e. The molecule has 110 valence electrons. The van der Waals surface area contributed by atoms with Gasteiger partial charge in [-0.05, 0) is 25.5 Å². The molecule has 2 rings (SSSR count). The van der Waals surface area contributed by atoms with Gasteiger partial charge in [0.25, 0.3) is 5.91 Å². The fourth-order valence-electron chi connectivity index (χ4n) is 2.57. The number of aliphatic carboxylic acids is 1. The van der Waals surface area contributed by atoms with Gasteiger partial charge in [-0.2, -0.15) is 0 Å². The molecule has 2 heterocycles. The molecule has 0 aliphatic carbocycles. The van der Waals surface area contributed by atoms with Gasteiger partial charge < -0.3 is 14.6 Å². The van der Waals surface area contributed by atoms with Crippen molar-refractivity contribution in [3.63, 3.8) is 0 Å². The number of carbonyl (C=O) groups is 2. The van der Waals surface area contributed by atoms with E-state index in [0.717, 1.165) is 19.5 Å². The minimum absolute atomic E-state index is 0.0361. The molecule has 1 fully saturated rings. The fourth-order valence-corrected chi connectivity index (χ4v) is 2.57. The monoisotopic (exact) mass is 279 g/mol. The van der Waals surface area contributed by atoms with Crippen LogP contribution in [0, 0.1) is 0 Å². The van der Waals surface area contributed by atoms with Gasteiger partial charge in [-0.3, -0.25) is 14.5 Å². The summed E-state index contributed by atoms with van der Waals surface area (Å²) in [5.74, 6) is -0.779. The van der Waals surface area contributed by atoms with E-state index < -0.39 is 5.97 Å². The summed E-state index contributed by atoms with van der Waals surface area (Å²) in [6, 6.07) is 3.72. The highest BCUT2D eigenvalue weighted by atomic mass is 16.4. The number of hydrogen-bond donors (Lipinski definition) is 1. The highest BCUT2D eigenvalue weighted by molar-refractivity contribution is 5.92. The van der Waals surface area contributed by atoms with Crippen LogP contribution >= 0.6 is 0 Å². The summed E-state index contributed by atoms with van der Waals surface area (Å²) in [7, 11) is 0. The number of carboxylic acids is 1. The van der Waals surface area contributed by atoms with Crippen LogP contribution in [0.25, 0.3) is 0 Å². The molecule has 20 heavy (non-hydrogen) atoms. The first kappa shape index (κ1) is 14.6. The SMILES string of the molecule is CCn1cccc1C(=O)N1CCCN(CC(=O)O)CC1. The van der Waals surface area contributed by atoms with E-state index in [1.54, 1.807) is 0 Å². The normalized spacial score (nSPS) is 16.9. The number of nitrogens with zero attached hydrogens (tertiary/aromatic N) is 3. The lowest BCUT2D eigenvalue weighted by Gasteiger charge is -2.21. The molecule has 1 aliphatic rings. The molecule has 6 heteroatoms. The zero-order valence-electron chi connectivity index (χ0n) is 11.8. The van der Waals surface area contributed by atoms with Crippen molar-refractivity contribution < 1.29 is 14.7 Å². The first-order chi connectivity index (χ1) is 9.61. The third-order valence-electron chi connectivity index (χ3n) is 3.62. The van der Waals surface area contributed by atoms with Crippen molar-refractivity contribution in [3.05, 3.63) is 24.0 Å². The van der Waals surface area contributed by atoms with Crippen LogP contribution in [0.1, 0.15) is 23.8 Å². The maximum Gasteiger partial charge on any atom is 0.317 e. The smallest absolute Gasteiger partial charge is 0.317 e. The predicted octanol–water partition coefficient (Wildman–Crippen LogP) is 0.740. The van der Waals surface area contributed by atoms with Crippen LogP contribution in [0.2, 0.25) is 0 Å². The lowest BCUT2D eigenvalue weighted by atomic mass is 10.3. The first-order valence-corrected chi connectivity index (χ1v) is 7.00.